The number of hydrogen-bond donors (Lipinski definition) is 0. The van der Waals surface area contributed by atoms with Gasteiger partial charge >= 0.3 is 0 Å². The molecule has 2 fully saturated rings. The number of amides is 1. The van der Waals surface area contributed by atoms with E-state index in [1.54, 1.807) is 4.90 Å². The molecule has 0 N–H and O–H groups in total. The number of benzene rings is 1. The molecule has 8 heteroatoms. The van der Waals surface area contributed by atoms with Crippen LogP contribution in [0.25, 0.3) is 22.3 Å². The van der Waals surface area contributed by atoms with E-state index < -0.39 is 0 Å². The zero-order valence-electron chi connectivity index (χ0n) is 14.2. The molecule has 1 aromatic carbocycles. The number of rotatable bonds is 4. The van der Waals surface area contributed by atoms with Crippen LogP contribution in [-0.2, 0) is 9.53 Å². The Morgan fingerprint density at radius 3 is 2.77 bits per heavy atom. The SMILES string of the molecule is O=CN1CCC(c2nc(-c3ccc4cnn(C5COC5)c4c3)no2)CC1. The molecule has 0 spiro atoms. The highest BCUT2D eigenvalue weighted by molar-refractivity contribution is 5.83. The minimum atomic E-state index is 0.217. The van der Waals surface area contributed by atoms with Gasteiger partial charge in [0.2, 0.25) is 18.1 Å². The number of likely N-dealkylation sites (tertiary alicyclic amines) is 1. The Bertz CT molecular complexity index is 937. The fraction of sp³-hybridized carbons (Fsp3) is 0.444. The second-order valence-electron chi connectivity index (χ2n) is 6.93. The van der Waals surface area contributed by atoms with Gasteiger partial charge in [0.05, 0.1) is 31.0 Å². The van der Waals surface area contributed by atoms with E-state index in [0.29, 0.717) is 31.0 Å². The van der Waals surface area contributed by atoms with Gasteiger partial charge in [0, 0.05) is 30.0 Å². The average Bonchev–Trinajstić information content (AvgIpc) is 3.28. The fourth-order valence-electron chi connectivity index (χ4n) is 3.60. The van der Waals surface area contributed by atoms with Crippen molar-refractivity contribution in [3.63, 3.8) is 0 Å². The van der Waals surface area contributed by atoms with Gasteiger partial charge in [-0.1, -0.05) is 17.3 Å². The maximum absolute atomic E-state index is 10.8. The lowest BCUT2D eigenvalue weighted by Crippen LogP contribution is -2.31. The van der Waals surface area contributed by atoms with Crippen molar-refractivity contribution in [1.29, 1.82) is 0 Å². The third-order valence-electron chi connectivity index (χ3n) is 5.29. The zero-order valence-corrected chi connectivity index (χ0v) is 14.2. The van der Waals surface area contributed by atoms with Crippen molar-refractivity contribution in [3.8, 4) is 11.4 Å². The second kappa shape index (κ2) is 6.21. The predicted octanol–water partition coefficient (Wildman–Crippen LogP) is 1.99. The van der Waals surface area contributed by atoms with Gasteiger partial charge in [0.1, 0.15) is 0 Å². The summed E-state index contributed by atoms with van der Waals surface area (Å²) in [5.74, 6) is 1.47. The van der Waals surface area contributed by atoms with Crippen molar-refractivity contribution in [2.24, 2.45) is 0 Å². The minimum absolute atomic E-state index is 0.217. The van der Waals surface area contributed by atoms with Crippen LogP contribution in [0.4, 0.5) is 0 Å². The molecule has 2 aliphatic heterocycles. The highest BCUT2D eigenvalue weighted by atomic mass is 16.5. The molecule has 0 radical (unpaired) electrons. The molecule has 3 aromatic rings. The van der Waals surface area contributed by atoms with Gasteiger partial charge < -0.3 is 14.2 Å². The van der Waals surface area contributed by atoms with Gasteiger partial charge in [-0.3, -0.25) is 9.48 Å². The molecule has 0 unspecified atom stereocenters. The Balaban J connectivity index is 1.41. The van der Waals surface area contributed by atoms with Crippen LogP contribution in [0.15, 0.2) is 28.9 Å². The van der Waals surface area contributed by atoms with E-state index in [0.717, 1.165) is 48.8 Å². The monoisotopic (exact) mass is 353 g/mol. The van der Waals surface area contributed by atoms with Crippen LogP contribution in [0.3, 0.4) is 0 Å². The molecule has 4 heterocycles. The molecule has 1 amide bonds. The maximum Gasteiger partial charge on any atom is 0.230 e. The van der Waals surface area contributed by atoms with Crippen LogP contribution < -0.4 is 0 Å². The molecular weight excluding hydrogens is 334 g/mol. The molecule has 8 nitrogen and oxygen atoms in total. The summed E-state index contributed by atoms with van der Waals surface area (Å²) in [4.78, 5) is 17.2. The summed E-state index contributed by atoms with van der Waals surface area (Å²) in [6.45, 7) is 2.88. The van der Waals surface area contributed by atoms with Crippen molar-refractivity contribution in [3.05, 3.63) is 30.3 Å². The number of hydrogen-bond acceptors (Lipinski definition) is 6. The average molecular weight is 353 g/mol. The molecule has 2 saturated heterocycles. The Hall–Kier alpha value is -2.74. The smallest absolute Gasteiger partial charge is 0.230 e. The van der Waals surface area contributed by atoms with Gasteiger partial charge in [0.15, 0.2) is 0 Å². The summed E-state index contributed by atoms with van der Waals surface area (Å²) in [6, 6.07) is 6.39. The van der Waals surface area contributed by atoms with Crippen LogP contribution in [-0.4, -0.2) is 57.5 Å². The van der Waals surface area contributed by atoms with E-state index in [1.807, 2.05) is 23.0 Å². The maximum atomic E-state index is 10.8. The lowest BCUT2D eigenvalue weighted by atomic mass is 9.97. The summed E-state index contributed by atoms with van der Waals surface area (Å²) in [6.07, 6.45) is 4.49. The Morgan fingerprint density at radius 1 is 1.19 bits per heavy atom. The van der Waals surface area contributed by atoms with Gasteiger partial charge in [0.25, 0.3) is 0 Å². The lowest BCUT2D eigenvalue weighted by Gasteiger charge is -2.26. The van der Waals surface area contributed by atoms with Crippen LogP contribution >= 0.6 is 0 Å². The first-order chi connectivity index (χ1) is 12.8. The Morgan fingerprint density at radius 2 is 2.04 bits per heavy atom. The molecule has 2 aliphatic rings. The normalized spacial score (nSPS) is 19.0. The molecule has 134 valence electrons. The molecule has 26 heavy (non-hydrogen) atoms. The largest absolute Gasteiger partial charge is 0.377 e. The summed E-state index contributed by atoms with van der Waals surface area (Å²) in [5, 5.41) is 9.75. The zero-order chi connectivity index (χ0) is 17.5. The summed E-state index contributed by atoms with van der Waals surface area (Å²) in [5.41, 5.74) is 1.97. The molecule has 0 atom stereocenters. The first-order valence-electron chi connectivity index (χ1n) is 8.90. The minimum Gasteiger partial charge on any atom is -0.377 e. The third kappa shape index (κ3) is 2.57. The number of nitrogens with zero attached hydrogens (tertiary/aromatic N) is 5. The summed E-state index contributed by atoms with van der Waals surface area (Å²) < 4.78 is 12.8. The summed E-state index contributed by atoms with van der Waals surface area (Å²) in [7, 11) is 0. The van der Waals surface area contributed by atoms with E-state index >= 15 is 0 Å². The molecular formula is C18H19N5O3. The molecule has 5 rings (SSSR count). The summed E-state index contributed by atoms with van der Waals surface area (Å²) >= 11 is 0. The molecule has 2 aromatic heterocycles. The van der Waals surface area contributed by atoms with E-state index in [1.165, 1.54) is 0 Å². The number of aromatic nitrogens is 4. The number of carbonyl (C=O) groups is 1. The van der Waals surface area contributed by atoms with Crippen LogP contribution in [0.2, 0.25) is 0 Å². The van der Waals surface area contributed by atoms with Crippen molar-refractivity contribution in [2.45, 2.75) is 24.8 Å². The van der Waals surface area contributed by atoms with E-state index in [9.17, 15) is 4.79 Å². The van der Waals surface area contributed by atoms with Crippen molar-refractivity contribution in [1.82, 2.24) is 24.8 Å². The van der Waals surface area contributed by atoms with Crippen molar-refractivity contribution >= 4 is 17.3 Å². The van der Waals surface area contributed by atoms with Crippen molar-refractivity contribution < 1.29 is 14.1 Å². The number of ether oxygens (including phenoxy) is 1. The third-order valence-corrected chi connectivity index (χ3v) is 5.29. The highest BCUT2D eigenvalue weighted by Crippen LogP contribution is 2.30. The molecule has 0 saturated carbocycles. The Labute approximate surface area is 149 Å². The van der Waals surface area contributed by atoms with Crippen LogP contribution in [0, 0.1) is 0 Å². The molecule has 0 aliphatic carbocycles. The quantitative estimate of drug-likeness (QED) is 0.667. The number of fused-ring (bicyclic) bond motifs is 1. The number of piperidine rings is 1. The van der Waals surface area contributed by atoms with Gasteiger partial charge in [-0.05, 0) is 18.9 Å². The van der Waals surface area contributed by atoms with E-state index in [-0.39, 0.29) is 5.92 Å². The van der Waals surface area contributed by atoms with Gasteiger partial charge in [-0.15, -0.1) is 0 Å². The van der Waals surface area contributed by atoms with Gasteiger partial charge in [-0.25, -0.2) is 0 Å². The number of carbonyl (C=O) groups excluding carboxylic acids is 1. The van der Waals surface area contributed by atoms with E-state index in [2.05, 4.69) is 21.3 Å². The standard InChI is InChI=1S/C18H19N5O3/c24-11-22-5-3-12(4-6-22)18-20-17(21-26-18)13-1-2-14-8-19-23(16(14)7-13)15-9-25-10-15/h1-2,7-8,11-12,15H,3-6,9-10H2. The topological polar surface area (TPSA) is 86.3 Å². The predicted molar refractivity (Wildman–Crippen MR) is 92.5 cm³/mol. The van der Waals surface area contributed by atoms with Crippen molar-refractivity contribution in [2.75, 3.05) is 26.3 Å². The second-order valence-corrected chi connectivity index (χ2v) is 6.93. The Kier molecular flexibility index (Phi) is 3.70. The lowest BCUT2D eigenvalue weighted by molar-refractivity contribution is -0.119. The van der Waals surface area contributed by atoms with E-state index in [4.69, 9.17) is 9.26 Å². The fourth-order valence-corrected chi connectivity index (χ4v) is 3.60. The first kappa shape index (κ1) is 15.5. The first-order valence-corrected chi connectivity index (χ1v) is 8.90. The highest BCUT2D eigenvalue weighted by Gasteiger charge is 2.26. The van der Waals surface area contributed by atoms with Crippen LogP contribution in [0.1, 0.15) is 30.7 Å². The van der Waals surface area contributed by atoms with Crippen LogP contribution in [0.5, 0.6) is 0 Å². The van der Waals surface area contributed by atoms with Gasteiger partial charge in [-0.2, -0.15) is 10.1 Å². The molecule has 0 bridgehead atoms.